The Morgan fingerprint density at radius 1 is 1.58 bits per heavy atom. The van der Waals surface area contributed by atoms with Crippen LogP contribution in [-0.4, -0.2) is 16.7 Å². The van der Waals surface area contributed by atoms with Crippen molar-refractivity contribution < 1.29 is 0 Å². The summed E-state index contributed by atoms with van der Waals surface area (Å²) in [5, 5.41) is 3.65. The van der Waals surface area contributed by atoms with Gasteiger partial charge in [0, 0.05) is 11.8 Å². The van der Waals surface area contributed by atoms with E-state index in [4.69, 9.17) is 0 Å². The number of rotatable bonds is 3. The predicted octanol–water partition coefficient (Wildman–Crippen LogP) is 2.86. The summed E-state index contributed by atoms with van der Waals surface area (Å²) < 4.78 is 0. The molecule has 2 unspecified atom stereocenters. The molecule has 1 saturated heterocycles. The lowest BCUT2D eigenvalue weighted by Gasteiger charge is -2.25. The second-order valence-electron chi connectivity index (χ2n) is 4.52. The van der Waals surface area contributed by atoms with Crippen molar-refractivity contribution in [1.29, 1.82) is 0 Å². The molecule has 12 heavy (non-hydrogen) atoms. The van der Waals surface area contributed by atoms with Gasteiger partial charge in [0.15, 0.2) is 0 Å². The van der Waals surface area contributed by atoms with Gasteiger partial charge in [0.25, 0.3) is 0 Å². The molecule has 1 heterocycles. The normalized spacial score (nSPS) is 36.2. The van der Waals surface area contributed by atoms with Crippen LogP contribution in [-0.2, 0) is 0 Å². The zero-order valence-electron chi connectivity index (χ0n) is 8.68. The Hall–Kier alpha value is 0.310. The molecule has 1 fully saturated rings. The van der Waals surface area contributed by atoms with Crippen molar-refractivity contribution >= 4 is 11.8 Å². The maximum Gasteiger partial charge on any atom is 0.0619 e. The molecule has 0 aromatic carbocycles. The van der Waals surface area contributed by atoms with Crippen LogP contribution in [0, 0.1) is 5.92 Å². The zero-order chi connectivity index (χ0) is 9.19. The molecule has 2 heteroatoms. The Morgan fingerprint density at radius 2 is 2.25 bits per heavy atom. The van der Waals surface area contributed by atoms with E-state index in [0.29, 0.717) is 10.9 Å². The van der Waals surface area contributed by atoms with E-state index < -0.39 is 0 Å². The first-order valence-corrected chi connectivity index (χ1v) is 5.92. The highest BCUT2D eigenvalue weighted by molar-refractivity contribution is 8.00. The molecule has 0 spiro atoms. The van der Waals surface area contributed by atoms with E-state index in [2.05, 4.69) is 44.8 Å². The van der Waals surface area contributed by atoms with Crippen molar-refractivity contribution in [2.45, 2.75) is 51.4 Å². The summed E-state index contributed by atoms with van der Waals surface area (Å²) in [6.07, 6.45) is 2.64. The van der Waals surface area contributed by atoms with Crippen molar-refractivity contribution in [2.75, 3.05) is 5.75 Å². The standard InChI is InChI=1S/C10H21NS/c1-8(2)5-6-10(4)11-9(3)7-12-10/h8-9,11H,5-7H2,1-4H3. The first kappa shape index (κ1) is 10.4. The van der Waals surface area contributed by atoms with E-state index in [0.717, 1.165) is 5.92 Å². The molecule has 0 aliphatic carbocycles. The van der Waals surface area contributed by atoms with Gasteiger partial charge in [-0.05, 0) is 32.6 Å². The average molecular weight is 187 g/mol. The number of hydrogen-bond donors (Lipinski definition) is 1. The topological polar surface area (TPSA) is 12.0 Å². The van der Waals surface area contributed by atoms with Crippen molar-refractivity contribution in [3.8, 4) is 0 Å². The third-order valence-corrected chi connectivity index (χ3v) is 4.03. The molecular weight excluding hydrogens is 166 g/mol. The average Bonchev–Trinajstić information content (AvgIpc) is 2.29. The molecule has 72 valence electrons. The van der Waals surface area contributed by atoms with Gasteiger partial charge in [0.1, 0.15) is 0 Å². The maximum atomic E-state index is 3.65. The summed E-state index contributed by atoms with van der Waals surface area (Å²) in [5.74, 6) is 2.11. The van der Waals surface area contributed by atoms with Gasteiger partial charge in [0.2, 0.25) is 0 Å². The van der Waals surface area contributed by atoms with Crippen LogP contribution in [0.1, 0.15) is 40.5 Å². The smallest absolute Gasteiger partial charge is 0.0619 e. The second kappa shape index (κ2) is 4.01. The molecular formula is C10H21NS. The van der Waals surface area contributed by atoms with E-state index in [1.165, 1.54) is 18.6 Å². The first-order valence-electron chi connectivity index (χ1n) is 4.93. The van der Waals surface area contributed by atoms with Gasteiger partial charge in [0.05, 0.1) is 4.87 Å². The molecule has 0 aromatic rings. The lowest BCUT2D eigenvalue weighted by molar-refractivity contribution is 0.412. The fourth-order valence-electron chi connectivity index (χ4n) is 1.62. The van der Waals surface area contributed by atoms with Gasteiger partial charge in [-0.2, -0.15) is 0 Å². The van der Waals surface area contributed by atoms with Gasteiger partial charge >= 0.3 is 0 Å². The van der Waals surface area contributed by atoms with Crippen LogP contribution in [0.5, 0.6) is 0 Å². The van der Waals surface area contributed by atoms with Crippen molar-refractivity contribution in [3.05, 3.63) is 0 Å². The van der Waals surface area contributed by atoms with E-state index in [9.17, 15) is 0 Å². The van der Waals surface area contributed by atoms with E-state index in [-0.39, 0.29) is 0 Å². The monoisotopic (exact) mass is 187 g/mol. The maximum absolute atomic E-state index is 3.65. The van der Waals surface area contributed by atoms with Crippen LogP contribution in [0.2, 0.25) is 0 Å². The Bertz CT molecular complexity index is 147. The molecule has 1 N–H and O–H groups in total. The van der Waals surface area contributed by atoms with Gasteiger partial charge < -0.3 is 0 Å². The highest BCUT2D eigenvalue weighted by Gasteiger charge is 2.32. The van der Waals surface area contributed by atoms with Crippen molar-refractivity contribution in [2.24, 2.45) is 5.92 Å². The molecule has 0 saturated carbocycles. The highest BCUT2D eigenvalue weighted by Crippen LogP contribution is 2.34. The minimum atomic E-state index is 0.365. The van der Waals surface area contributed by atoms with E-state index in [1.807, 2.05) is 0 Å². The Labute approximate surface area is 80.7 Å². The zero-order valence-corrected chi connectivity index (χ0v) is 9.50. The SMILES string of the molecule is CC(C)CCC1(C)NC(C)CS1. The molecule has 0 aromatic heterocycles. The third-order valence-electron chi connectivity index (χ3n) is 2.40. The number of nitrogens with one attached hydrogen (secondary N) is 1. The van der Waals surface area contributed by atoms with Crippen LogP contribution in [0.25, 0.3) is 0 Å². The summed E-state index contributed by atoms with van der Waals surface area (Å²) in [6, 6.07) is 0.701. The van der Waals surface area contributed by atoms with Crippen molar-refractivity contribution in [1.82, 2.24) is 5.32 Å². The van der Waals surface area contributed by atoms with Gasteiger partial charge in [-0.15, -0.1) is 11.8 Å². The van der Waals surface area contributed by atoms with E-state index >= 15 is 0 Å². The quantitative estimate of drug-likeness (QED) is 0.729. The minimum Gasteiger partial charge on any atom is -0.300 e. The van der Waals surface area contributed by atoms with Crippen LogP contribution in [0.15, 0.2) is 0 Å². The summed E-state index contributed by atoms with van der Waals surface area (Å²) in [6.45, 7) is 9.20. The lowest BCUT2D eigenvalue weighted by atomic mass is 10.0. The Balaban J connectivity index is 2.30. The van der Waals surface area contributed by atoms with Gasteiger partial charge in [-0.25, -0.2) is 0 Å². The summed E-state index contributed by atoms with van der Waals surface area (Å²) in [4.78, 5) is 0.365. The molecule has 1 aliphatic heterocycles. The molecule has 0 bridgehead atoms. The number of hydrogen-bond acceptors (Lipinski definition) is 2. The Morgan fingerprint density at radius 3 is 2.67 bits per heavy atom. The van der Waals surface area contributed by atoms with Crippen LogP contribution >= 0.6 is 11.8 Å². The second-order valence-corrected chi connectivity index (χ2v) is 6.04. The Kier molecular flexibility index (Phi) is 3.47. The lowest BCUT2D eigenvalue weighted by Crippen LogP contribution is -2.37. The largest absolute Gasteiger partial charge is 0.300 e. The third kappa shape index (κ3) is 2.98. The van der Waals surface area contributed by atoms with Crippen molar-refractivity contribution in [3.63, 3.8) is 0 Å². The summed E-state index contributed by atoms with van der Waals surface area (Å²) in [7, 11) is 0. The molecule has 0 amide bonds. The molecule has 1 rings (SSSR count). The van der Waals surface area contributed by atoms with Gasteiger partial charge in [-0.1, -0.05) is 13.8 Å². The molecule has 1 aliphatic rings. The van der Waals surface area contributed by atoms with Crippen LogP contribution < -0.4 is 5.32 Å². The molecule has 2 atom stereocenters. The fourth-order valence-corrected chi connectivity index (χ4v) is 2.87. The van der Waals surface area contributed by atoms with Crippen LogP contribution in [0.4, 0.5) is 0 Å². The van der Waals surface area contributed by atoms with E-state index in [1.54, 1.807) is 0 Å². The minimum absolute atomic E-state index is 0.365. The van der Waals surface area contributed by atoms with Crippen LogP contribution in [0.3, 0.4) is 0 Å². The summed E-state index contributed by atoms with van der Waals surface area (Å²) in [5.41, 5.74) is 0. The first-order chi connectivity index (χ1) is 5.52. The fraction of sp³-hybridized carbons (Fsp3) is 1.00. The predicted molar refractivity (Wildman–Crippen MR) is 57.5 cm³/mol. The summed E-state index contributed by atoms with van der Waals surface area (Å²) >= 11 is 2.08. The molecule has 0 radical (unpaired) electrons. The van der Waals surface area contributed by atoms with Gasteiger partial charge in [-0.3, -0.25) is 5.32 Å². The molecule has 1 nitrogen and oxygen atoms in total. The number of thioether (sulfide) groups is 1. The highest BCUT2D eigenvalue weighted by atomic mass is 32.2.